The van der Waals surface area contributed by atoms with E-state index in [1.54, 1.807) is 0 Å². The van der Waals surface area contributed by atoms with Crippen molar-refractivity contribution in [2.75, 3.05) is 11.9 Å². The topological polar surface area (TPSA) is 49.3 Å². The third-order valence-electron chi connectivity index (χ3n) is 1.79. The fraction of sp³-hybridized carbons (Fsp3) is 0.182. The van der Waals surface area contributed by atoms with Gasteiger partial charge in [0.25, 0.3) is 0 Å². The standard InChI is InChI=1S/C11H12FNO2/c1-2-13-10-7-9(12)5-3-8(10)4-6-11(14)15/h3-7,13H,2H2,1H3,(H,14,15). The molecule has 0 saturated heterocycles. The van der Waals surface area contributed by atoms with Crippen LogP contribution >= 0.6 is 0 Å². The summed E-state index contributed by atoms with van der Waals surface area (Å²) in [6, 6.07) is 4.17. The molecule has 0 fully saturated rings. The van der Waals surface area contributed by atoms with Crippen LogP contribution < -0.4 is 5.32 Å². The Morgan fingerprint density at radius 3 is 2.93 bits per heavy atom. The van der Waals surface area contributed by atoms with E-state index in [0.717, 1.165) is 6.08 Å². The maximum absolute atomic E-state index is 12.9. The van der Waals surface area contributed by atoms with E-state index in [2.05, 4.69) is 5.32 Å². The number of carbonyl (C=O) groups is 1. The molecule has 0 aliphatic heterocycles. The average Bonchev–Trinajstić information content (AvgIpc) is 2.17. The predicted octanol–water partition coefficient (Wildman–Crippen LogP) is 2.36. The molecule has 4 heteroatoms. The molecule has 0 saturated carbocycles. The molecular formula is C11H12FNO2. The molecule has 15 heavy (non-hydrogen) atoms. The van der Waals surface area contributed by atoms with Crippen LogP contribution in [-0.2, 0) is 4.79 Å². The highest BCUT2D eigenvalue weighted by molar-refractivity contribution is 5.86. The van der Waals surface area contributed by atoms with Gasteiger partial charge < -0.3 is 10.4 Å². The van der Waals surface area contributed by atoms with Crippen molar-refractivity contribution in [3.63, 3.8) is 0 Å². The number of halogens is 1. The molecule has 0 atom stereocenters. The van der Waals surface area contributed by atoms with Crippen LogP contribution in [0.3, 0.4) is 0 Å². The van der Waals surface area contributed by atoms with Gasteiger partial charge in [0.1, 0.15) is 5.82 Å². The van der Waals surface area contributed by atoms with Crippen molar-refractivity contribution in [3.8, 4) is 0 Å². The van der Waals surface area contributed by atoms with Crippen molar-refractivity contribution >= 4 is 17.7 Å². The number of hydrogen-bond acceptors (Lipinski definition) is 2. The SMILES string of the molecule is CCNc1cc(F)ccc1C=CC(=O)O. The fourth-order valence-corrected chi connectivity index (χ4v) is 1.18. The molecule has 80 valence electrons. The first kappa shape index (κ1) is 11.2. The number of benzene rings is 1. The van der Waals surface area contributed by atoms with Crippen molar-refractivity contribution in [2.24, 2.45) is 0 Å². The van der Waals surface area contributed by atoms with Gasteiger partial charge in [0.15, 0.2) is 0 Å². The van der Waals surface area contributed by atoms with Gasteiger partial charge in [0.05, 0.1) is 0 Å². The summed E-state index contributed by atoms with van der Waals surface area (Å²) in [5.41, 5.74) is 1.25. The minimum Gasteiger partial charge on any atom is -0.478 e. The van der Waals surface area contributed by atoms with Gasteiger partial charge in [0.2, 0.25) is 0 Å². The zero-order valence-electron chi connectivity index (χ0n) is 8.33. The lowest BCUT2D eigenvalue weighted by Gasteiger charge is -2.07. The lowest BCUT2D eigenvalue weighted by Crippen LogP contribution is -1.99. The highest BCUT2D eigenvalue weighted by Gasteiger charge is 2.00. The van der Waals surface area contributed by atoms with E-state index in [1.807, 2.05) is 6.92 Å². The smallest absolute Gasteiger partial charge is 0.328 e. The number of rotatable bonds is 4. The normalized spacial score (nSPS) is 10.5. The molecule has 0 heterocycles. The summed E-state index contributed by atoms with van der Waals surface area (Å²) in [6.45, 7) is 2.53. The van der Waals surface area contributed by atoms with Gasteiger partial charge >= 0.3 is 5.97 Å². The van der Waals surface area contributed by atoms with Crippen LogP contribution in [0.2, 0.25) is 0 Å². The molecule has 2 N–H and O–H groups in total. The zero-order chi connectivity index (χ0) is 11.3. The Morgan fingerprint density at radius 1 is 1.60 bits per heavy atom. The number of anilines is 1. The van der Waals surface area contributed by atoms with E-state index >= 15 is 0 Å². The lowest BCUT2D eigenvalue weighted by molar-refractivity contribution is -0.131. The van der Waals surface area contributed by atoms with Crippen LogP contribution in [0.1, 0.15) is 12.5 Å². The molecule has 0 aromatic heterocycles. The van der Waals surface area contributed by atoms with Crippen molar-refractivity contribution < 1.29 is 14.3 Å². The van der Waals surface area contributed by atoms with Crippen LogP contribution in [0.4, 0.5) is 10.1 Å². The number of carboxylic acid groups (broad SMARTS) is 1. The Labute approximate surface area is 87.2 Å². The van der Waals surface area contributed by atoms with E-state index in [-0.39, 0.29) is 5.82 Å². The molecule has 0 aliphatic rings. The predicted molar refractivity (Wildman–Crippen MR) is 57.2 cm³/mol. The number of hydrogen-bond donors (Lipinski definition) is 2. The number of aliphatic carboxylic acids is 1. The van der Waals surface area contributed by atoms with Crippen LogP contribution in [0.15, 0.2) is 24.3 Å². The van der Waals surface area contributed by atoms with Crippen molar-refractivity contribution in [2.45, 2.75) is 6.92 Å². The zero-order valence-corrected chi connectivity index (χ0v) is 8.33. The maximum Gasteiger partial charge on any atom is 0.328 e. The van der Waals surface area contributed by atoms with Crippen LogP contribution in [0.25, 0.3) is 6.08 Å². The Bertz CT molecular complexity index is 388. The highest BCUT2D eigenvalue weighted by atomic mass is 19.1. The molecule has 1 aromatic carbocycles. The van der Waals surface area contributed by atoms with Crippen LogP contribution in [0.5, 0.6) is 0 Å². The minimum absolute atomic E-state index is 0.349. The monoisotopic (exact) mass is 209 g/mol. The summed E-state index contributed by atoms with van der Waals surface area (Å²) in [5.74, 6) is -1.37. The largest absolute Gasteiger partial charge is 0.478 e. The van der Waals surface area contributed by atoms with Crippen molar-refractivity contribution in [1.29, 1.82) is 0 Å². The molecule has 0 unspecified atom stereocenters. The molecule has 0 bridgehead atoms. The number of nitrogens with one attached hydrogen (secondary N) is 1. The molecule has 0 radical (unpaired) electrons. The Hall–Kier alpha value is -1.84. The molecule has 0 amide bonds. The van der Waals surface area contributed by atoms with E-state index < -0.39 is 5.97 Å². The van der Waals surface area contributed by atoms with Gasteiger partial charge in [-0.15, -0.1) is 0 Å². The summed E-state index contributed by atoms with van der Waals surface area (Å²) >= 11 is 0. The molecule has 0 spiro atoms. The first-order valence-corrected chi connectivity index (χ1v) is 4.58. The lowest BCUT2D eigenvalue weighted by atomic mass is 10.1. The molecule has 1 aromatic rings. The molecule has 1 rings (SSSR count). The second kappa shape index (κ2) is 5.14. The first-order chi connectivity index (χ1) is 7.13. The van der Waals surface area contributed by atoms with E-state index in [9.17, 15) is 9.18 Å². The highest BCUT2D eigenvalue weighted by Crippen LogP contribution is 2.18. The third kappa shape index (κ3) is 3.42. The van der Waals surface area contributed by atoms with Gasteiger partial charge in [-0.1, -0.05) is 0 Å². The van der Waals surface area contributed by atoms with Crippen LogP contribution in [0, 0.1) is 5.82 Å². The summed E-state index contributed by atoms with van der Waals surface area (Å²) in [6.07, 6.45) is 2.45. The van der Waals surface area contributed by atoms with Crippen molar-refractivity contribution in [1.82, 2.24) is 0 Å². The summed E-state index contributed by atoms with van der Waals surface area (Å²) in [7, 11) is 0. The van der Waals surface area contributed by atoms with Crippen LogP contribution in [-0.4, -0.2) is 17.6 Å². The molecule has 3 nitrogen and oxygen atoms in total. The Morgan fingerprint density at radius 2 is 2.33 bits per heavy atom. The average molecular weight is 209 g/mol. The quantitative estimate of drug-likeness (QED) is 0.748. The second-order valence-corrected chi connectivity index (χ2v) is 2.93. The molecule has 0 aliphatic carbocycles. The summed E-state index contributed by atoms with van der Waals surface area (Å²) in [4.78, 5) is 10.3. The Kier molecular flexibility index (Phi) is 3.85. The number of carboxylic acids is 1. The van der Waals surface area contributed by atoms with Gasteiger partial charge in [-0.25, -0.2) is 9.18 Å². The first-order valence-electron chi connectivity index (χ1n) is 4.58. The van der Waals surface area contributed by atoms with Gasteiger partial charge in [-0.3, -0.25) is 0 Å². The fourth-order valence-electron chi connectivity index (χ4n) is 1.18. The summed E-state index contributed by atoms with van der Waals surface area (Å²) < 4.78 is 12.9. The van der Waals surface area contributed by atoms with E-state index in [0.29, 0.717) is 17.8 Å². The van der Waals surface area contributed by atoms with Crippen molar-refractivity contribution in [3.05, 3.63) is 35.7 Å². The third-order valence-corrected chi connectivity index (χ3v) is 1.79. The van der Waals surface area contributed by atoms with Gasteiger partial charge in [-0.2, -0.15) is 0 Å². The minimum atomic E-state index is -1.03. The van der Waals surface area contributed by atoms with E-state index in [4.69, 9.17) is 5.11 Å². The maximum atomic E-state index is 12.9. The van der Waals surface area contributed by atoms with Gasteiger partial charge in [0, 0.05) is 18.3 Å². The Balaban J connectivity index is 3.00. The summed E-state index contributed by atoms with van der Waals surface area (Å²) in [5, 5.41) is 11.4. The van der Waals surface area contributed by atoms with E-state index in [1.165, 1.54) is 24.3 Å². The molecular weight excluding hydrogens is 197 g/mol. The second-order valence-electron chi connectivity index (χ2n) is 2.93. The van der Waals surface area contributed by atoms with Gasteiger partial charge in [-0.05, 0) is 36.8 Å².